The Hall–Kier alpha value is -3.74. The van der Waals surface area contributed by atoms with E-state index >= 15 is 0 Å². The van der Waals surface area contributed by atoms with E-state index in [1.165, 1.54) is 18.5 Å². The van der Waals surface area contributed by atoms with Gasteiger partial charge in [-0.1, -0.05) is 6.07 Å². The van der Waals surface area contributed by atoms with Gasteiger partial charge < -0.3 is 15.4 Å². The molecule has 0 unspecified atom stereocenters. The number of carbonyl (C=O) groups is 2. The molecule has 7 nitrogen and oxygen atoms in total. The molecule has 2 heterocycles. The maximum atomic E-state index is 12.5. The van der Waals surface area contributed by atoms with Gasteiger partial charge in [0.1, 0.15) is 5.75 Å². The van der Waals surface area contributed by atoms with Gasteiger partial charge in [-0.2, -0.15) is 0 Å². The maximum Gasteiger partial charge on any atom is 0.257 e. The Labute approximate surface area is 169 Å². The largest absolute Gasteiger partial charge is 0.491 e. The molecule has 7 heteroatoms. The molecule has 3 aromatic rings. The zero-order valence-electron chi connectivity index (χ0n) is 16.3. The highest BCUT2D eigenvalue weighted by Crippen LogP contribution is 2.17. The standard InChI is InChI=1S/C22H22N4O3/c1-15(2)29-20-7-5-19(6-8-20)26-22(28)18-10-17(13-24-14-18)21(27)25-12-16-4-3-9-23-11-16/h3-11,13-15H,12H2,1-2H3,(H,25,27)(H,26,28). The minimum absolute atomic E-state index is 0.0774. The fraction of sp³-hybridized carbons (Fsp3) is 0.182. The SMILES string of the molecule is CC(C)Oc1ccc(NC(=O)c2cncc(C(=O)NCc3cccnc3)c2)cc1. The quantitative estimate of drug-likeness (QED) is 0.645. The predicted octanol–water partition coefficient (Wildman–Crippen LogP) is 3.45. The van der Waals surface area contributed by atoms with Crippen LogP contribution in [0.2, 0.25) is 0 Å². The smallest absolute Gasteiger partial charge is 0.257 e. The summed E-state index contributed by atoms with van der Waals surface area (Å²) in [6.45, 7) is 4.24. The maximum absolute atomic E-state index is 12.5. The summed E-state index contributed by atoms with van der Waals surface area (Å²) in [4.78, 5) is 32.9. The molecule has 2 amide bonds. The third-order valence-electron chi connectivity index (χ3n) is 3.92. The van der Waals surface area contributed by atoms with Crippen molar-refractivity contribution in [2.45, 2.75) is 26.5 Å². The lowest BCUT2D eigenvalue weighted by Crippen LogP contribution is -2.23. The van der Waals surface area contributed by atoms with Gasteiger partial charge in [0, 0.05) is 37.0 Å². The second-order valence-corrected chi connectivity index (χ2v) is 6.65. The molecule has 1 aromatic carbocycles. The van der Waals surface area contributed by atoms with Gasteiger partial charge in [-0.3, -0.25) is 19.6 Å². The van der Waals surface area contributed by atoms with Crippen molar-refractivity contribution in [1.82, 2.24) is 15.3 Å². The van der Waals surface area contributed by atoms with Crippen LogP contribution in [0.3, 0.4) is 0 Å². The Morgan fingerprint density at radius 3 is 2.34 bits per heavy atom. The van der Waals surface area contributed by atoms with Crippen LogP contribution in [0.1, 0.15) is 40.1 Å². The molecule has 0 bridgehead atoms. The second kappa shape index (κ2) is 9.45. The summed E-state index contributed by atoms with van der Waals surface area (Å²) in [5.41, 5.74) is 2.11. The van der Waals surface area contributed by atoms with E-state index in [1.807, 2.05) is 19.9 Å². The minimum Gasteiger partial charge on any atom is -0.491 e. The number of rotatable bonds is 7. The molecule has 0 saturated heterocycles. The summed E-state index contributed by atoms with van der Waals surface area (Å²) >= 11 is 0. The monoisotopic (exact) mass is 390 g/mol. The molecule has 0 spiro atoms. The van der Waals surface area contributed by atoms with Crippen LogP contribution in [0.4, 0.5) is 5.69 Å². The molecule has 0 fully saturated rings. The first-order valence-corrected chi connectivity index (χ1v) is 9.21. The highest BCUT2D eigenvalue weighted by molar-refractivity contribution is 6.05. The highest BCUT2D eigenvalue weighted by Gasteiger charge is 2.12. The Kier molecular flexibility index (Phi) is 6.52. The van der Waals surface area contributed by atoms with Gasteiger partial charge in [0.05, 0.1) is 17.2 Å². The van der Waals surface area contributed by atoms with Crippen molar-refractivity contribution in [3.05, 3.63) is 83.9 Å². The van der Waals surface area contributed by atoms with Gasteiger partial charge in [0.15, 0.2) is 0 Å². The number of pyridine rings is 2. The third kappa shape index (κ3) is 5.87. The van der Waals surface area contributed by atoms with Crippen LogP contribution in [0.5, 0.6) is 5.75 Å². The molecular formula is C22H22N4O3. The summed E-state index contributed by atoms with van der Waals surface area (Å²) in [6.07, 6.45) is 6.27. The molecule has 3 rings (SSSR count). The number of benzene rings is 1. The summed E-state index contributed by atoms with van der Waals surface area (Å²) in [5, 5.41) is 5.58. The van der Waals surface area contributed by atoms with E-state index in [4.69, 9.17) is 4.74 Å². The van der Waals surface area contributed by atoms with E-state index in [-0.39, 0.29) is 17.9 Å². The highest BCUT2D eigenvalue weighted by atomic mass is 16.5. The Bertz CT molecular complexity index is 973. The minimum atomic E-state index is -0.350. The van der Waals surface area contributed by atoms with E-state index in [1.54, 1.807) is 42.7 Å². The molecule has 0 radical (unpaired) electrons. The summed E-state index contributed by atoms with van der Waals surface area (Å²) < 4.78 is 5.58. The Morgan fingerprint density at radius 1 is 0.966 bits per heavy atom. The molecule has 0 atom stereocenters. The normalized spacial score (nSPS) is 10.4. The van der Waals surface area contributed by atoms with Gasteiger partial charge in [-0.15, -0.1) is 0 Å². The van der Waals surface area contributed by atoms with E-state index in [9.17, 15) is 9.59 Å². The Morgan fingerprint density at radius 2 is 1.69 bits per heavy atom. The first-order chi connectivity index (χ1) is 14.0. The summed E-state index contributed by atoms with van der Waals surface area (Å²) in [6, 6.07) is 12.3. The van der Waals surface area contributed by atoms with Crippen molar-refractivity contribution < 1.29 is 14.3 Å². The number of nitrogens with one attached hydrogen (secondary N) is 2. The van der Waals surface area contributed by atoms with Crippen molar-refractivity contribution in [3.63, 3.8) is 0 Å². The lowest BCUT2D eigenvalue weighted by Gasteiger charge is -2.11. The third-order valence-corrected chi connectivity index (χ3v) is 3.92. The van der Waals surface area contributed by atoms with E-state index < -0.39 is 0 Å². The van der Waals surface area contributed by atoms with Crippen LogP contribution in [0.15, 0.2) is 67.3 Å². The van der Waals surface area contributed by atoms with Crippen molar-refractivity contribution in [3.8, 4) is 5.75 Å². The van der Waals surface area contributed by atoms with Crippen LogP contribution in [0.25, 0.3) is 0 Å². The van der Waals surface area contributed by atoms with E-state index in [0.29, 0.717) is 23.4 Å². The van der Waals surface area contributed by atoms with Crippen LogP contribution >= 0.6 is 0 Å². The average molecular weight is 390 g/mol. The fourth-order valence-corrected chi connectivity index (χ4v) is 2.57. The number of anilines is 1. The molecule has 0 aliphatic carbocycles. The molecule has 29 heavy (non-hydrogen) atoms. The van der Waals surface area contributed by atoms with Crippen molar-refractivity contribution in [1.29, 1.82) is 0 Å². The van der Waals surface area contributed by atoms with Gasteiger partial charge in [-0.05, 0) is 55.8 Å². The van der Waals surface area contributed by atoms with Gasteiger partial charge >= 0.3 is 0 Å². The molecule has 2 N–H and O–H groups in total. The fourth-order valence-electron chi connectivity index (χ4n) is 2.57. The number of nitrogens with zero attached hydrogens (tertiary/aromatic N) is 2. The zero-order valence-corrected chi connectivity index (χ0v) is 16.3. The van der Waals surface area contributed by atoms with Crippen LogP contribution < -0.4 is 15.4 Å². The Balaban J connectivity index is 1.62. The lowest BCUT2D eigenvalue weighted by atomic mass is 10.1. The topological polar surface area (TPSA) is 93.2 Å². The van der Waals surface area contributed by atoms with Crippen LogP contribution in [-0.4, -0.2) is 27.9 Å². The van der Waals surface area contributed by atoms with E-state index in [2.05, 4.69) is 20.6 Å². The summed E-state index contributed by atoms with van der Waals surface area (Å²) in [7, 11) is 0. The first-order valence-electron chi connectivity index (χ1n) is 9.21. The molecule has 0 aliphatic heterocycles. The van der Waals surface area contributed by atoms with Crippen LogP contribution in [0, 0.1) is 0 Å². The number of hydrogen-bond acceptors (Lipinski definition) is 5. The zero-order chi connectivity index (χ0) is 20.6. The first kappa shape index (κ1) is 20.0. The van der Waals surface area contributed by atoms with Gasteiger partial charge in [0.25, 0.3) is 11.8 Å². The van der Waals surface area contributed by atoms with Crippen molar-refractivity contribution in [2.24, 2.45) is 0 Å². The van der Waals surface area contributed by atoms with E-state index in [0.717, 1.165) is 11.3 Å². The van der Waals surface area contributed by atoms with Gasteiger partial charge in [0.2, 0.25) is 0 Å². The number of aromatic nitrogens is 2. The number of carbonyl (C=O) groups excluding carboxylic acids is 2. The number of amides is 2. The molecule has 148 valence electrons. The van der Waals surface area contributed by atoms with Crippen molar-refractivity contribution in [2.75, 3.05) is 5.32 Å². The number of hydrogen-bond donors (Lipinski definition) is 2. The average Bonchev–Trinajstić information content (AvgIpc) is 2.74. The predicted molar refractivity (Wildman–Crippen MR) is 110 cm³/mol. The molecule has 0 saturated carbocycles. The molecule has 0 aliphatic rings. The van der Waals surface area contributed by atoms with Crippen molar-refractivity contribution >= 4 is 17.5 Å². The molecular weight excluding hydrogens is 368 g/mol. The second-order valence-electron chi connectivity index (χ2n) is 6.65. The number of ether oxygens (including phenoxy) is 1. The van der Waals surface area contributed by atoms with Crippen LogP contribution in [-0.2, 0) is 6.54 Å². The summed E-state index contributed by atoms with van der Waals surface area (Å²) in [5.74, 6) is 0.0649. The molecule has 2 aromatic heterocycles. The lowest BCUT2D eigenvalue weighted by molar-refractivity contribution is 0.0950. The van der Waals surface area contributed by atoms with Gasteiger partial charge in [-0.25, -0.2) is 0 Å².